The summed E-state index contributed by atoms with van der Waals surface area (Å²) in [4.78, 5) is 0. The molecule has 0 aromatic carbocycles. The first-order chi connectivity index (χ1) is 9.91. The molecule has 1 aromatic rings. The third-order valence-electron chi connectivity index (χ3n) is 4.76. The van der Waals surface area contributed by atoms with Crippen molar-refractivity contribution in [3.05, 3.63) is 11.9 Å². The van der Waals surface area contributed by atoms with Crippen molar-refractivity contribution in [2.45, 2.75) is 71.9 Å². The lowest BCUT2D eigenvalue weighted by Gasteiger charge is -2.36. The van der Waals surface area contributed by atoms with Gasteiger partial charge in [-0.05, 0) is 39.0 Å². The van der Waals surface area contributed by atoms with E-state index in [1.807, 2.05) is 4.68 Å². The summed E-state index contributed by atoms with van der Waals surface area (Å²) in [6, 6.07) is 0.219. The van der Waals surface area contributed by atoms with E-state index < -0.39 is 6.10 Å². The summed E-state index contributed by atoms with van der Waals surface area (Å²) in [5.41, 5.74) is 0.837. The number of rotatable bonds is 6. The topological polar surface area (TPSA) is 47.3 Å². The van der Waals surface area contributed by atoms with E-state index >= 15 is 0 Å². The van der Waals surface area contributed by atoms with E-state index in [1.54, 1.807) is 13.3 Å². The van der Waals surface area contributed by atoms with E-state index in [2.05, 4.69) is 32.8 Å². The lowest BCUT2D eigenvalue weighted by atomic mass is 9.73. The lowest BCUT2D eigenvalue weighted by Crippen LogP contribution is -2.30. The van der Waals surface area contributed by atoms with Crippen molar-refractivity contribution in [3.63, 3.8) is 0 Å². The molecule has 2 rings (SSSR count). The van der Waals surface area contributed by atoms with Gasteiger partial charge < -0.3 is 9.84 Å². The average molecular weight is 294 g/mol. The molecule has 1 heterocycles. The second-order valence-corrected chi connectivity index (χ2v) is 7.21. The highest BCUT2D eigenvalue weighted by molar-refractivity contribution is 5.29. The van der Waals surface area contributed by atoms with E-state index in [1.165, 1.54) is 12.8 Å². The van der Waals surface area contributed by atoms with Gasteiger partial charge in [-0.1, -0.05) is 26.7 Å². The third kappa shape index (κ3) is 3.10. The van der Waals surface area contributed by atoms with Gasteiger partial charge in [-0.15, -0.1) is 0 Å². The minimum atomic E-state index is -0.498. The highest BCUT2D eigenvalue weighted by Gasteiger charge is 2.44. The molecule has 1 aliphatic carbocycles. The quantitative estimate of drug-likeness (QED) is 0.858. The fraction of sp³-hybridized carbons (Fsp3) is 0.824. The summed E-state index contributed by atoms with van der Waals surface area (Å²) in [6.07, 6.45) is 6.90. The van der Waals surface area contributed by atoms with Crippen molar-refractivity contribution in [1.82, 2.24) is 9.78 Å². The zero-order chi connectivity index (χ0) is 15.6. The summed E-state index contributed by atoms with van der Waals surface area (Å²) >= 11 is 0. The highest BCUT2D eigenvalue weighted by Crippen LogP contribution is 2.53. The molecule has 4 heteroatoms. The maximum absolute atomic E-state index is 11.2. The SMILES string of the molecule is COc1cnn(C(C)C)c1C(O)C1(CC(C)C)CCCC1. The van der Waals surface area contributed by atoms with Crippen molar-refractivity contribution in [3.8, 4) is 5.75 Å². The largest absolute Gasteiger partial charge is 0.493 e. The molecule has 1 aliphatic rings. The van der Waals surface area contributed by atoms with Gasteiger partial charge in [0.1, 0.15) is 11.8 Å². The number of ether oxygens (including phenoxy) is 1. The van der Waals surface area contributed by atoms with Crippen LogP contribution in [0.4, 0.5) is 0 Å². The molecule has 0 aliphatic heterocycles. The second kappa shape index (κ2) is 6.39. The van der Waals surface area contributed by atoms with Crippen molar-refractivity contribution in [2.75, 3.05) is 7.11 Å². The van der Waals surface area contributed by atoms with Crippen molar-refractivity contribution in [1.29, 1.82) is 0 Å². The maximum atomic E-state index is 11.2. The van der Waals surface area contributed by atoms with Crippen molar-refractivity contribution >= 4 is 0 Å². The van der Waals surface area contributed by atoms with Crippen LogP contribution in [0.5, 0.6) is 5.75 Å². The predicted molar refractivity (Wildman–Crippen MR) is 84.5 cm³/mol. The third-order valence-corrected chi connectivity index (χ3v) is 4.76. The Hall–Kier alpha value is -1.03. The first-order valence-corrected chi connectivity index (χ1v) is 8.20. The van der Waals surface area contributed by atoms with Gasteiger partial charge >= 0.3 is 0 Å². The Morgan fingerprint density at radius 2 is 1.90 bits per heavy atom. The number of nitrogens with zero attached hydrogens (tertiary/aromatic N) is 2. The van der Waals surface area contributed by atoms with Crippen LogP contribution < -0.4 is 4.74 Å². The molecule has 0 saturated heterocycles. The molecule has 0 spiro atoms. The van der Waals surface area contributed by atoms with E-state index in [0.717, 1.165) is 25.0 Å². The smallest absolute Gasteiger partial charge is 0.162 e. The average Bonchev–Trinajstić information content (AvgIpc) is 3.03. The second-order valence-electron chi connectivity index (χ2n) is 7.21. The fourth-order valence-corrected chi connectivity index (χ4v) is 3.96. The minimum Gasteiger partial charge on any atom is -0.493 e. The van der Waals surface area contributed by atoms with Crippen LogP contribution in [0.1, 0.15) is 77.6 Å². The number of aromatic nitrogens is 2. The van der Waals surface area contributed by atoms with E-state index in [9.17, 15) is 5.11 Å². The number of aliphatic hydroxyl groups excluding tert-OH is 1. The fourth-order valence-electron chi connectivity index (χ4n) is 3.96. The monoisotopic (exact) mass is 294 g/mol. The Bertz CT molecular complexity index is 459. The van der Waals surface area contributed by atoms with Gasteiger partial charge in [-0.2, -0.15) is 5.10 Å². The zero-order valence-corrected chi connectivity index (χ0v) is 14.1. The molecule has 120 valence electrons. The molecular formula is C17H30N2O2. The van der Waals surface area contributed by atoms with Crippen LogP contribution in [0.2, 0.25) is 0 Å². The number of methoxy groups -OCH3 is 1. The molecular weight excluding hydrogens is 264 g/mol. The first kappa shape index (κ1) is 16.3. The van der Waals surface area contributed by atoms with Gasteiger partial charge in [-0.25, -0.2) is 0 Å². The Morgan fingerprint density at radius 3 is 2.38 bits per heavy atom. The van der Waals surface area contributed by atoms with E-state index in [4.69, 9.17) is 4.74 Å². The van der Waals surface area contributed by atoms with E-state index in [-0.39, 0.29) is 11.5 Å². The highest BCUT2D eigenvalue weighted by atomic mass is 16.5. The summed E-state index contributed by atoms with van der Waals surface area (Å²) in [7, 11) is 1.65. The van der Waals surface area contributed by atoms with Gasteiger partial charge in [0.05, 0.1) is 13.3 Å². The standard InChI is InChI=1S/C17H30N2O2/c1-12(2)10-17(8-6-7-9-17)16(20)15-14(21-5)11-18-19(15)13(3)4/h11-13,16,20H,6-10H2,1-5H3. The Morgan fingerprint density at radius 1 is 1.29 bits per heavy atom. The zero-order valence-electron chi connectivity index (χ0n) is 14.1. The van der Waals surface area contributed by atoms with Crippen molar-refractivity contribution < 1.29 is 9.84 Å². The molecule has 1 aromatic heterocycles. The summed E-state index contributed by atoms with van der Waals surface area (Å²) in [6.45, 7) is 8.66. The maximum Gasteiger partial charge on any atom is 0.162 e. The van der Waals surface area contributed by atoms with Crippen LogP contribution in [-0.4, -0.2) is 22.0 Å². The van der Waals surface area contributed by atoms with Crippen molar-refractivity contribution in [2.24, 2.45) is 11.3 Å². The molecule has 1 N–H and O–H groups in total. The molecule has 21 heavy (non-hydrogen) atoms. The molecule has 1 atom stereocenters. The molecule has 0 amide bonds. The van der Waals surface area contributed by atoms with Crippen LogP contribution in [0, 0.1) is 11.3 Å². The summed E-state index contributed by atoms with van der Waals surface area (Å²) < 4.78 is 7.38. The molecule has 0 bridgehead atoms. The number of aliphatic hydroxyl groups is 1. The van der Waals surface area contributed by atoms with Gasteiger partial charge in [0, 0.05) is 11.5 Å². The van der Waals surface area contributed by atoms with Crippen LogP contribution in [-0.2, 0) is 0 Å². The van der Waals surface area contributed by atoms with Crippen LogP contribution >= 0.6 is 0 Å². The number of hydrogen-bond donors (Lipinski definition) is 1. The summed E-state index contributed by atoms with van der Waals surface area (Å²) in [5, 5.41) is 15.6. The van der Waals surface area contributed by atoms with E-state index in [0.29, 0.717) is 11.7 Å². The van der Waals surface area contributed by atoms with Gasteiger partial charge in [0.25, 0.3) is 0 Å². The predicted octanol–water partition coefficient (Wildman–Crippen LogP) is 4.11. The number of hydrogen-bond acceptors (Lipinski definition) is 3. The molecule has 1 fully saturated rings. The Kier molecular flexibility index (Phi) is 4.97. The lowest BCUT2D eigenvalue weighted by molar-refractivity contribution is 0.00266. The molecule has 4 nitrogen and oxygen atoms in total. The van der Waals surface area contributed by atoms with Gasteiger partial charge in [0.2, 0.25) is 0 Å². The molecule has 0 radical (unpaired) electrons. The normalized spacial score (nSPS) is 19.4. The minimum absolute atomic E-state index is 0.0197. The van der Waals surface area contributed by atoms with Gasteiger partial charge in [0.15, 0.2) is 5.75 Å². The molecule has 1 saturated carbocycles. The first-order valence-electron chi connectivity index (χ1n) is 8.20. The van der Waals surface area contributed by atoms with Crippen LogP contribution in [0.15, 0.2) is 6.20 Å². The Labute approximate surface area is 128 Å². The van der Waals surface area contributed by atoms with Crippen LogP contribution in [0.3, 0.4) is 0 Å². The van der Waals surface area contributed by atoms with Gasteiger partial charge in [-0.3, -0.25) is 4.68 Å². The Balaban J connectivity index is 2.41. The molecule has 1 unspecified atom stereocenters. The summed E-state index contributed by atoms with van der Waals surface area (Å²) in [5.74, 6) is 1.30. The van der Waals surface area contributed by atoms with Crippen LogP contribution in [0.25, 0.3) is 0 Å².